The molecule has 0 N–H and O–H groups in total. The third-order valence-electron chi connectivity index (χ3n) is 2.78. The van der Waals surface area contributed by atoms with Gasteiger partial charge in [-0.2, -0.15) is 0 Å². The number of carbonyl (C=O) groups is 1. The van der Waals surface area contributed by atoms with E-state index in [2.05, 4.69) is 9.97 Å². The molecular formula is C15H9ClN2OS. The fraction of sp³-hybridized carbons (Fsp3) is 0. The maximum absolute atomic E-state index is 12.2. The van der Waals surface area contributed by atoms with Gasteiger partial charge in [-0.25, -0.2) is 9.97 Å². The van der Waals surface area contributed by atoms with Crippen LogP contribution >= 0.6 is 23.4 Å². The summed E-state index contributed by atoms with van der Waals surface area (Å²) in [7, 11) is 0. The zero-order valence-electron chi connectivity index (χ0n) is 10.3. The Bertz CT molecular complexity index is 769. The van der Waals surface area contributed by atoms with Gasteiger partial charge in [-0.05, 0) is 42.1 Å². The minimum atomic E-state index is -0.0643. The van der Waals surface area contributed by atoms with Gasteiger partial charge in [0, 0.05) is 16.0 Å². The second-order valence-electron chi connectivity index (χ2n) is 4.09. The number of aromatic nitrogens is 2. The summed E-state index contributed by atoms with van der Waals surface area (Å²) < 4.78 is 0. The van der Waals surface area contributed by atoms with Gasteiger partial charge in [-0.1, -0.05) is 29.8 Å². The molecule has 0 spiro atoms. The average Bonchev–Trinajstić information content (AvgIpc) is 2.48. The highest BCUT2D eigenvalue weighted by Crippen LogP contribution is 2.27. The highest BCUT2D eigenvalue weighted by molar-refractivity contribution is 8.14. The first kappa shape index (κ1) is 13.1. The van der Waals surface area contributed by atoms with Crippen LogP contribution in [0.25, 0.3) is 10.9 Å². The molecule has 20 heavy (non-hydrogen) atoms. The van der Waals surface area contributed by atoms with Gasteiger partial charge < -0.3 is 0 Å². The monoisotopic (exact) mass is 300 g/mol. The first-order valence-electron chi connectivity index (χ1n) is 5.91. The third-order valence-corrected chi connectivity index (χ3v) is 3.97. The van der Waals surface area contributed by atoms with Crippen LogP contribution in [0, 0.1) is 0 Å². The lowest BCUT2D eigenvalue weighted by molar-refractivity contribution is 0.108. The first-order chi connectivity index (χ1) is 9.74. The van der Waals surface area contributed by atoms with Crippen LogP contribution in [0.1, 0.15) is 10.4 Å². The predicted molar refractivity (Wildman–Crippen MR) is 81.2 cm³/mol. The number of benzene rings is 2. The molecule has 3 aromatic rings. The lowest BCUT2D eigenvalue weighted by atomic mass is 10.2. The van der Waals surface area contributed by atoms with Gasteiger partial charge in [-0.15, -0.1) is 0 Å². The molecule has 0 atom stereocenters. The van der Waals surface area contributed by atoms with Crippen molar-refractivity contribution in [2.75, 3.05) is 0 Å². The van der Waals surface area contributed by atoms with E-state index in [0.29, 0.717) is 15.6 Å². The van der Waals surface area contributed by atoms with Crippen LogP contribution in [0.3, 0.4) is 0 Å². The maximum Gasteiger partial charge on any atom is 0.225 e. The Labute approximate surface area is 125 Å². The van der Waals surface area contributed by atoms with E-state index in [1.165, 1.54) is 6.33 Å². The predicted octanol–water partition coefficient (Wildman–Crippen LogP) is 4.22. The molecule has 0 unspecified atom stereocenters. The molecule has 1 heterocycles. The Morgan fingerprint density at radius 3 is 2.55 bits per heavy atom. The van der Waals surface area contributed by atoms with Gasteiger partial charge in [0.05, 0.1) is 5.52 Å². The van der Waals surface area contributed by atoms with Crippen molar-refractivity contribution < 1.29 is 4.79 Å². The molecule has 3 nitrogen and oxygen atoms in total. The highest BCUT2D eigenvalue weighted by Gasteiger charge is 2.11. The molecule has 1 aromatic heterocycles. The first-order valence-corrected chi connectivity index (χ1v) is 7.11. The average molecular weight is 301 g/mol. The number of hydrogen-bond acceptors (Lipinski definition) is 4. The molecule has 0 fully saturated rings. The van der Waals surface area contributed by atoms with E-state index < -0.39 is 0 Å². The topological polar surface area (TPSA) is 42.9 Å². The van der Waals surface area contributed by atoms with Gasteiger partial charge in [0.25, 0.3) is 0 Å². The van der Waals surface area contributed by atoms with Crippen molar-refractivity contribution in [1.82, 2.24) is 9.97 Å². The van der Waals surface area contributed by atoms with Gasteiger partial charge in [0.15, 0.2) is 0 Å². The van der Waals surface area contributed by atoms with Crippen LogP contribution in [0.2, 0.25) is 5.02 Å². The molecule has 0 aliphatic carbocycles. The van der Waals surface area contributed by atoms with Crippen molar-refractivity contribution in [2.24, 2.45) is 0 Å². The Hall–Kier alpha value is -1.91. The zero-order valence-corrected chi connectivity index (χ0v) is 11.9. The van der Waals surface area contributed by atoms with E-state index >= 15 is 0 Å². The SMILES string of the molecule is O=C(Sc1ncnc2ccccc12)c1ccc(Cl)cc1. The van der Waals surface area contributed by atoms with Crippen molar-refractivity contribution >= 4 is 39.4 Å². The minimum Gasteiger partial charge on any atom is -0.281 e. The number of para-hydroxylation sites is 1. The molecule has 5 heteroatoms. The van der Waals surface area contributed by atoms with Crippen LogP contribution in [-0.4, -0.2) is 15.1 Å². The van der Waals surface area contributed by atoms with Crippen molar-refractivity contribution in [2.45, 2.75) is 5.03 Å². The van der Waals surface area contributed by atoms with Crippen LogP contribution in [0.4, 0.5) is 0 Å². The summed E-state index contributed by atoms with van der Waals surface area (Å²) in [4.78, 5) is 20.6. The Kier molecular flexibility index (Phi) is 3.67. The molecule has 2 aromatic carbocycles. The van der Waals surface area contributed by atoms with E-state index in [1.54, 1.807) is 24.3 Å². The number of thioether (sulfide) groups is 1. The molecule has 0 amide bonds. The maximum atomic E-state index is 12.2. The number of hydrogen-bond donors (Lipinski definition) is 0. The Morgan fingerprint density at radius 2 is 1.75 bits per heavy atom. The van der Waals surface area contributed by atoms with Crippen molar-refractivity contribution in [1.29, 1.82) is 0 Å². The number of nitrogens with zero attached hydrogens (tertiary/aromatic N) is 2. The van der Waals surface area contributed by atoms with Crippen molar-refractivity contribution in [3.8, 4) is 0 Å². The molecule has 0 aliphatic heterocycles. The van der Waals surface area contributed by atoms with E-state index in [9.17, 15) is 4.79 Å². The van der Waals surface area contributed by atoms with Crippen LogP contribution in [-0.2, 0) is 0 Å². The molecular weight excluding hydrogens is 292 g/mol. The molecule has 0 saturated heterocycles. The largest absolute Gasteiger partial charge is 0.281 e. The summed E-state index contributed by atoms with van der Waals surface area (Å²) in [6, 6.07) is 14.4. The smallest absolute Gasteiger partial charge is 0.225 e. The fourth-order valence-corrected chi connectivity index (χ4v) is 2.73. The minimum absolute atomic E-state index is 0.0643. The standard InChI is InChI=1S/C15H9ClN2OS/c16-11-7-5-10(6-8-11)15(19)20-14-12-3-1-2-4-13(12)17-9-18-14/h1-9H. The third kappa shape index (κ3) is 2.66. The summed E-state index contributed by atoms with van der Waals surface area (Å²) in [5, 5.41) is 2.09. The summed E-state index contributed by atoms with van der Waals surface area (Å²) in [5.41, 5.74) is 1.43. The lowest BCUT2D eigenvalue weighted by Crippen LogP contribution is -1.95. The second-order valence-corrected chi connectivity index (χ2v) is 5.49. The van der Waals surface area contributed by atoms with Gasteiger partial charge in [0.2, 0.25) is 5.12 Å². The van der Waals surface area contributed by atoms with Gasteiger partial charge in [-0.3, -0.25) is 4.79 Å². The molecule has 0 saturated carbocycles. The molecule has 0 aliphatic rings. The summed E-state index contributed by atoms with van der Waals surface area (Å²) in [5.74, 6) is 0. The van der Waals surface area contributed by atoms with E-state index in [-0.39, 0.29) is 5.12 Å². The number of rotatable bonds is 2. The zero-order chi connectivity index (χ0) is 13.9. The summed E-state index contributed by atoms with van der Waals surface area (Å²) in [6.45, 7) is 0. The lowest BCUT2D eigenvalue weighted by Gasteiger charge is -2.03. The van der Waals surface area contributed by atoms with Crippen LogP contribution in [0.15, 0.2) is 59.9 Å². The Balaban J connectivity index is 1.93. The number of carbonyl (C=O) groups excluding carboxylic acids is 1. The number of halogens is 1. The van der Waals surface area contributed by atoms with E-state index in [1.807, 2.05) is 24.3 Å². The van der Waals surface area contributed by atoms with Crippen molar-refractivity contribution in [3.05, 3.63) is 65.4 Å². The van der Waals surface area contributed by atoms with Gasteiger partial charge >= 0.3 is 0 Å². The molecule has 98 valence electrons. The highest BCUT2D eigenvalue weighted by atomic mass is 35.5. The van der Waals surface area contributed by atoms with Gasteiger partial charge in [0.1, 0.15) is 11.4 Å². The molecule has 0 radical (unpaired) electrons. The summed E-state index contributed by atoms with van der Waals surface area (Å²) >= 11 is 6.91. The molecule has 0 bridgehead atoms. The summed E-state index contributed by atoms with van der Waals surface area (Å²) in [6.07, 6.45) is 1.47. The van der Waals surface area contributed by atoms with Crippen molar-refractivity contribution in [3.63, 3.8) is 0 Å². The fourth-order valence-electron chi connectivity index (χ4n) is 1.79. The quantitative estimate of drug-likeness (QED) is 0.525. The van der Waals surface area contributed by atoms with Crippen LogP contribution < -0.4 is 0 Å². The van der Waals surface area contributed by atoms with E-state index in [4.69, 9.17) is 11.6 Å². The Morgan fingerprint density at radius 1 is 1.00 bits per heavy atom. The molecule has 3 rings (SSSR count). The second kappa shape index (κ2) is 5.61. The number of fused-ring (bicyclic) bond motifs is 1. The van der Waals surface area contributed by atoms with E-state index in [0.717, 1.165) is 22.7 Å². The van der Waals surface area contributed by atoms with Crippen LogP contribution in [0.5, 0.6) is 0 Å². The normalized spacial score (nSPS) is 10.7.